The number of ether oxygens (including phenoxy) is 1. The highest BCUT2D eigenvalue weighted by Crippen LogP contribution is 2.20. The predicted molar refractivity (Wildman–Crippen MR) is 87.9 cm³/mol. The van der Waals surface area contributed by atoms with Gasteiger partial charge in [-0.1, -0.05) is 12.1 Å². The molecular formula is C15H21ClN4O3. The minimum absolute atomic E-state index is 0. The van der Waals surface area contributed by atoms with E-state index in [1.165, 1.54) is 12.8 Å². The molecule has 126 valence electrons. The van der Waals surface area contributed by atoms with Gasteiger partial charge in [-0.15, -0.1) is 12.4 Å². The molecule has 1 N–H and O–H groups in total. The molecule has 23 heavy (non-hydrogen) atoms. The van der Waals surface area contributed by atoms with E-state index in [0.29, 0.717) is 17.4 Å². The van der Waals surface area contributed by atoms with Gasteiger partial charge in [-0.05, 0) is 50.5 Å². The summed E-state index contributed by atoms with van der Waals surface area (Å²) in [7, 11) is 0. The molecule has 0 bridgehead atoms. The number of rotatable bonds is 5. The van der Waals surface area contributed by atoms with Gasteiger partial charge in [-0.25, -0.2) is 9.78 Å². The molecule has 1 saturated heterocycles. The van der Waals surface area contributed by atoms with Crippen LogP contribution in [0.2, 0.25) is 0 Å². The van der Waals surface area contributed by atoms with Crippen molar-refractivity contribution in [3.8, 4) is 17.3 Å². The third-order valence-corrected chi connectivity index (χ3v) is 4.06. The Morgan fingerprint density at radius 3 is 2.74 bits per heavy atom. The Balaban J connectivity index is 0.00000192. The zero-order valence-corrected chi connectivity index (χ0v) is 13.8. The number of aromatic nitrogens is 3. The lowest BCUT2D eigenvalue weighted by molar-refractivity contribution is 0.145. The number of hydrogen-bond acceptors (Lipinski definition) is 6. The summed E-state index contributed by atoms with van der Waals surface area (Å²) >= 11 is 0. The van der Waals surface area contributed by atoms with Gasteiger partial charge in [0, 0.05) is 0 Å². The Kier molecular flexibility index (Phi) is 6.18. The number of piperidine rings is 1. The summed E-state index contributed by atoms with van der Waals surface area (Å²) in [4.78, 5) is 20.1. The summed E-state index contributed by atoms with van der Waals surface area (Å²) in [6.45, 7) is 6.36. The van der Waals surface area contributed by atoms with Crippen molar-refractivity contribution in [3.63, 3.8) is 0 Å². The fraction of sp³-hybridized carbons (Fsp3) is 0.533. The number of hydrogen-bond donors (Lipinski definition) is 1. The van der Waals surface area contributed by atoms with Crippen molar-refractivity contribution in [2.75, 3.05) is 26.2 Å². The molecule has 2 aromatic heterocycles. The molecule has 0 spiro atoms. The lowest BCUT2D eigenvalue weighted by Crippen LogP contribution is -2.35. The van der Waals surface area contributed by atoms with Crippen LogP contribution in [0, 0.1) is 5.92 Å². The summed E-state index contributed by atoms with van der Waals surface area (Å²) < 4.78 is 10.3. The quantitative estimate of drug-likeness (QED) is 0.895. The van der Waals surface area contributed by atoms with Gasteiger partial charge in [0.1, 0.15) is 11.4 Å². The second-order valence-electron chi connectivity index (χ2n) is 5.51. The maximum atomic E-state index is 10.9. The minimum atomic E-state index is -0.587. The van der Waals surface area contributed by atoms with Crippen LogP contribution in [0.1, 0.15) is 19.8 Å². The van der Waals surface area contributed by atoms with E-state index in [1.807, 2.05) is 6.07 Å². The Morgan fingerprint density at radius 1 is 1.39 bits per heavy atom. The molecule has 0 atom stereocenters. The van der Waals surface area contributed by atoms with Crippen LogP contribution in [0.4, 0.5) is 0 Å². The smallest absolute Gasteiger partial charge is 0.439 e. The molecule has 0 amide bonds. The molecule has 1 fully saturated rings. The largest absolute Gasteiger partial charge is 0.492 e. The normalized spacial score (nSPS) is 16.0. The lowest BCUT2D eigenvalue weighted by atomic mass is 9.98. The molecule has 0 radical (unpaired) electrons. The first kappa shape index (κ1) is 17.5. The Hall–Kier alpha value is -1.86. The van der Waals surface area contributed by atoms with Gasteiger partial charge in [0.2, 0.25) is 5.82 Å². The van der Waals surface area contributed by atoms with Crippen molar-refractivity contribution < 1.29 is 9.26 Å². The monoisotopic (exact) mass is 340 g/mol. The summed E-state index contributed by atoms with van der Waals surface area (Å²) in [5.74, 6) is 1.07. The number of H-pyrrole nitrogens is 1. The average molecular weight is 341 g/mol. The van der Waals surface area contributed by atoms with Crippen LogP contribution in [0.25, 0.3) is 11.5 Å². The maximum Gasteiger partial charge on any atom is 0.439 e. The van der Waals surface area contributed by atoms with Crippen LogP contribution in [0.5, 0.6) is 5.75 Å². The van der Waals surface area contributed by atoms with Gasteiger partial charge in [-0.3, -0.25) is 9.51 Å². The van der Waals surface area contributed by atoms with Crippen LogP contribution in [-0.4, -0.2) is 46.3 Å². The molecular weight excluding hydrogens is 320 g/mol. The van der Waals surface area contributed by atoms with E-state index < -0.39 is 5.76 Å². The molecule has 0 aromatic carbocycles. The van der Waals surface area contributed by atoms with Crippen LogP contribution in [0.3, 0.4) is 0 Å². The fourth-order valence-electron chi connectivity index (χ4n) is 2.63. The second kappa shape index (κ2) is 8.12. The highest BCUT2D eigenvalue weighted by molar-refractivity contribution is 5.85. The summed E-state index contributed by atoms with van der Waals surface area (Å²) in [5, 5.41) is 3.60. The fourth-order valence-corrected chi connectivity index (χ4v) is 2.63. The van der Waals surface area contributed by atoms with Crippen molar-refractivity contribution in [2.45, 2.75) is 19.8 Å². The van der Waals surface area contributed by atoms with Crippen LogP contribution < -0.4 is 10.5 Å². The van der Waals surface area contributed by atoms with E-state index in [2.05, 4.69) is 31.5 Å². The molecule has 1 aliphatic rings. The van der Waals surface area contributed by atoms with Crippen LogP contribution >= 0.6 is 12.4 Å². The zero-order chi connectivity index (χ0) is 15.4. The summed E-state index contributed by atoms with van der Waals surface area (Å²) in [5.41, 5.74) is 0.550. The van der Waals surface area contributed by atoms with Crippen molar-refractivity contribution in [2.24, 2.45) is 5.92 Å². The van der Waals surface area contributed by atoms with Gasteiger partial charge < -0.3 is 9.64 Å². The van der Waals surface area contributed by atoms with Crippen molar-refractivity contribution in [3.05, 3.63) is 28.9 Å². The van der Waals surface area contributed by atoms with Crippen LogP contribution in [0.15, 0.2) is 27.6 Å². The van der Waals surface area contributed by atoms with E-state index in [9.17, 15) is 4.79 Å². The van der Waals surface area contributed by atoms with E-state index in [4.69, 9.17) is 4.74 Å². The molecule has 8 heteroatoms. The third-order valence-electron chi connectivity index (χ3n) is 4.06. The predicted octanol–water partition coefficient (Wildman–Crippen LogP) is 1.96. The summed E-state index contributed by atoms with van der Waals surface area (Å²) in [6, 6.07) is 3.58. The number of nitrogens with one attached hydrogen (secondary N) is 1. The minimum Gasteiger partial charge on any atom is -0.492 e. The number of halogens is 1. The molecule has 3 heterocycles. The molecule has 0 aliphatic carbocycles. The van der Waals surface area contributed by atoms with Crippen molar-refractivity contribution >= 4 is 12.4 Å². The molecule has 3 rings (SSSR count). The van der Waals surface area contributed by atoms with E-state index >= 15 is 0 Å². The first-order valence-electron chi connectivity index (χ1n) is 7.62. The zero-order valence-electron chi connectivity index (χ0n) is 13.0. The van der Waals surface area contributed by atoms with E-state index in [-0.39, 0.29) is 12.4 Å². The highest BCUT2D eigenvalue weighted by atomic mass is 35.5. The van der Waals surface area contributed by atoms with Gasteiger partial charge in [0.25, 0.3) is 0 Å². The lowest BCUT2D eigenvalue weighted by Gasteiger charge is -2.30. The molecule has 1 aliphatic heterocycles. The topological polar surface area (TPSA) is 84.2 Å². The van der Waals surface area contributed by atoms with Gasteiger partial charge in [-0.2, -0.15) is 0 Å². The van der Waals surface area contributed by atoms with Crippen LogP contribution in [-0.2, 0) is 0 Å². The Bertz CT molecular complexity index is 647. The van der Waals surface area contributed by atoms with Gasteiger partial charge in [0.15, 0.2) is 0 Å². The standard InChI is InChI=1S/C15H20N4O3.ClH/c1-2-19-7-5-11(6-8-19)10-21-12-3-4-13(16-9-12)14-17-15(20)22-18-14;/h3-4,9,11H,2,5-8,10H2,1H3,(H,17,18,20);1H. The van der Waals surface area contributed by atoms with E-state index in [0.717, 1.165) is 32.0 Å². The number of nitrogens with zero attached hydrogens (tertiary/aromatic N) is 3. The average Bonchev–Trinajstić information content (AvgIpc) is 3.00. The van der Waals surface area contributed by atoms with E-state index in [1.54, 1.807) is 12.3 Å². The highest BCUT2D eigenvalue weighted by Gasteiger charge is 2.18. The van der Waals surface area contributed by atoms with Gasteiger partial charge >= 0.3 is 5.76 Å². The Morgan fingerprint density at radius 2 is 2.17 bits per heavy atom. The Labute approximate surface area is 140 Å². The first-order chi connectivity index (χ1) is 10.7. The molecule has 7 nitrogen and oxygen atoms in total. The molecule has 2 aromatic rings. The second-order valence-corrected chi connectivity index (χ2v) is 5.51. The maximum absolute atomic E-state index is 10.9. The molecule has 0 saturated carbocycles. The SMILES string of the molecule is CCN1CCC(COc2ccc(-c3noc(=O)[nH]3)nc2)CC1.Cl. The number of aromatic amines is 1. The molecule has 0 unspecified atom stereocenters. The van der Waals surface area contributed by atoms with Crippen molar-refractivity contribution in [1.82, 2.24) is 20.0 Å². The first-order valence-corrected chi connectivity index (χ1v) is 7.62. The van der Waals surface area contributed by atoms with Gasteiger partial charge in [0.05, 0.1) is 12.8 Å². The number of pyridine rings is 1. The summed E-state index contributed by atoms with van der Waals surface area (Å²) in [6.07, 6.45) is 4.00. The third kappa shape index (κ3) is 4.56. The number of likely N-dealkylation sites (tertiary alicyclic amines) is 1. The van der Waals surface area contributed by atoms with Crippen molar-refractivity contribution in [1.29, 1.82) is 0 Å².